The molecule has 0 saturated heterocycles. The summed E-state index contributed by atoms with van der Waals surface area (Å²) < 4.78 is 0. The van der Waals surface area contributed by atoms with Crippen LogP contribution in [-0.2, 0) is 5.41 Å². The highest BCUT2D eigenvalue weighted by Gasteiger charge is 2.20. The van der Waals surface area contributed by atoms with Gasteiger partial charge in [-0.15, -0.1) is 0 Å². The number of nitrogens with one attached hydrogen (secondary N) is 1. The Morgan fingerprint density at radius 2 is 2.31 bits per heavy atom. The lowest BCUT2D eigenvalue weighted by Crippen LogP contribution is -2.41. The summed E-state index contributed by atoms with van der Waals surface area (Å²) in [6.45, 7) is 5.76. The van der Waals surface area contributed by atoms with Crippen molar-refractivity contribution < 1.29 is 5.11 Å². The highest BCUT2D eigenvalue weighted by molar-refractivity contribution is 5.19. The molecule has 1 aromatic rings. The van der Waals surface area contributed by atoms with E-state index in [0.29, 0.717) is 6.54 Å². The van der Waals surface area contributed by atoms with Crippen LogP contribution in [0.5, 0.6) is 0 Å². The van der Waals surface area contributed by atoms with E-state index < -0.39 is 0 Å². The Hall–Kier alpha value is -0.970. The van der Waals surface area contributed by atoms with Gasteiger partial charge in [-0.05, 0) is 11.6 Å². The van der Waals surface area contributed by atoms with E-state index in [4.69, 9.17) is 10.8 Å². The van der Waals surface area contributed by atoms with E-state index in [9.17, 15) is 0 Å². The molecule has 0 amide bonds. The van der Waals surface area contributed by atoms with Crippen LogP contribution in [0.4, 0.5) is 0 Å². The second-order valence-electron chi connectivity index (χ2n) is 4.70. The van der Waals surface area contributed by atoms with Gasteiger partial charge in [0.05, 0.1) is 6.61 Å². The van der Waals surface area contributed by atoms with Gasteiger partial charge in [0.25, 0.3) is 0 Å². The molecule has 0 bridgehead atoms. The molecular weight excluding hydrogens is 202 g/mol. The quantitative estimate of drug-likeness (QED) is 0.647. The first kappa shape index (κ1) is 13.1. The van der Waals surface area contributed by atoms with Crippen LogP contribution in [0.1, 0.15) is 19.4 Å². The van der Waals surface area contributed by atoms with Gasteiger partial charge >= 0.3 is 0 Å². The van der Waals surface area contributed by atoms with Gasteiger partial charge in [-0.25, -0.2) is 0 Å². The van der Waals surface area contributed by atoms with Crippen LogP contribution in [0.3, 0.4) is 0 Å². The minimum Gasteiger partial charge on any atom is -0.395 e. The number of rotatable bonds is 6. The second-order valence-corrected chi connectivity index (χ2v) is 4.70. The molecule has 4 nitrogen and oxygen atoms in total. The summed E-state index contributed by atoms with van der Waals surface area (Å²) in [5.74, 6) is 0. The fourth-order valence-electron chi connectivity index (χ4n) is 1.50. The van der Waals surface area contributed by atoms with Crippen molar-refractivity contribution in [2.75, 3.05) is 19.7 Å². The van der Waals surface area contributed by atoms with Crippen molar-refractivity contribution in [1.82, 2.24) is 10.3 Å². The molecule has 0 aromatic carbocycles. The van der Waals surface area contributed by atoms with Crippen LogP contribution in [0, 0.1) is 0 Å². The molecule has 0 radical (unpaired) electrons. The largest absolute Gasteiger partial charge is 0.395 e. The van der Waals surface area contributed by atoms with Gasteiger partial charge in [-0.1, -0.05) is 19.9 Å². The second kappa shape index (κ2) is 5.94. The molecule has 0 aliphatic carbocycles. The van der Waals surface area contributed by atoms with Gasteiger partial charge in [0.2, 0.25) is 0 Å². The topological polar surface area (TPSA) is 71.2 Å². The van der Waals surface area contributed by atoms with Gasteiger partial charge in [0.15, 0.2) is 0 Å². The van der Waals surface area contributed by atoms with E-state index in [2.05, 4.69) is 30.2 Å². The normalized spacial score (nSPS) is 13.8. The number of aliphatic hydroxyl groups is 1. The van der Waals surface area contributed by atoms with Gasteiger partial charge < -0.3 is 16.2 Å². The molecule has 1 atom stereocenters. The van der Waals surface area contributed by atoms with E-state index in [1.54, 1.807) is 6.20 Å². The zero-order valence-corrected chi connectivity index (χ0v) is 9.98. The minimum atomic E-state index is -0.190. The van der Waals surface area contributed by atoms with Crippen LogP contribution in [0.25, 0.3) is 0 Å². The number of aromatic nitrogens is 1. The van der Waals surface area contributed by atoms with Gasteiger partial charge in [0, 0.05) is 36.9 Å². The number of hydrogen-bond donors (Lipinski definition) is 3. The maximum Gasteiger partial charge on any atom is 0.0594 e. The monoisotopic (exact) mass is 223 g/mol. The summed E-state index contributed by atoms with van der Waals surface area (Å²) in [7, 11) is 0. The molecule has 16 heavy (non-hydrogen) atoms. The van der Waals surface area contributed by atoms with Crippen LogP contribution in [-0.4, -0.2) is 35.8 Å². The van der Waals surface area contributed by atoms with Crippen LogP contribution in [0.2, 0.25) is 0 Å². The van der Waals surface area contributed by atoms with Crippen LogP contribution in [0.15, 0.2) is 24.5 Å². The molecule has 4 N–H and O–H groups in total. The average Bonchev–Trinajstić information content (AvgIpc) is 2.30. The number of nitrogens with zero attached hydrogens (tertiary/aromatic N) is 1. The predicted molar refractivity (Wildman–Crippen MR) is 65.2 cm³/mol. The third kappa shape index (κ3) is 3.89. The van der Waals surface area contributed by atoms with Crippen molar-refractivity contribution >= 4 is 0 Å². The Labute approximate surface area is 96.9 Å². The Morgan fingerprint density at radius 3 is 2.88 bits per heavy atom. The van der Waals surface area contributed by atoms with Crippen molar-refractivity contribution in [3.8, 4) is 0 Å². The lowest BCUT2D eigenvalue weighted by molar-refractivity contribution is 0.260. The molecule has 0 fully saturated rings. The Kier molecular flexibility index (Phi) is 4.86. The summed E-state index contributed by atoms with van der Waals surface area (Å²) in [5.41, 5.74) is 6.83. The first-order valence-electron chi connectivity index (χ1n) is 5.54. The standard InChI is InChI=1S/C12H21N3O/c1-12(2,9-15-7-11(13)8-16)10-4-3-5-14-6-10/h3-6,11,15-16H,7-9,13H2,1-2H3. The molecule has 0 aliphatic rings. The molecular formula is C12H21N3O. The summed E-state index contributed by atoms with van der Waals surface area (Å²) in [6.07, 6.45) is 3.66. The maximum atomic E-state index is 8.81. The molecule has 0 saturated carbocycles. The van der Waals surface area contributed by atoms with E-state index in [1.165, 1.54) is 5.56 Å². The van der Waals surface area contributed by atoms with Gasteiger partial charge in [0.1, 0.15) is 0 Å². The zero-order chi connectivity index (χ0) is 12.0. The lowest BCUT2D eigenvalue weighted by Gasteiger charge is -2.26. The molecule has 1 rings (SSSR count). The molecule has 0 spiro atoms. The van der Waals surface area contributed by atoms with Crippen molar-refractivity contribution in [1.29, 1.82) is 0 Å². The fourth-order valence-corrected chi connectivity index (χ4v) is 1.50. The van der Waals surface area contributed by atoms with E-state index in [1.807, 2.05) is 12.3 Å². The predicted octanol–water partition coefficient (Wildman–Crippen LogP) is 0.268. The van der Waals surface area contributed by atoms with Gasteiger partial charge in [-0.2, -0.15) is 0 Å². The molecule has 1 aromatic heterocycles. The first-order valence-corrected chi connectivity index (χ1v) is 5.54. The van der Waals surface area contributed by atoms with Crippen molar-refractivity contribution in [2.24, 2.45) is 5.73 Å². The molecule has 90 valence electrons. The average molecular weight is 223 g/mol. The number of hydrogen-bond acceptors (Lipinski definition) is 4. The SMILES string of the molecule is CC(C)(CNCC(N)CO)c1cccnc1. The number of aliphatic hydroxyl groups excluding tert-OH is 1. The molecule has 1 unspecified atom stereocenters. The van der Waals surface area contributed by atoms with E-state index in [0.717, 1.165) is 6.54 Å². The fraction of sp³-hybridized carbons (Fsp3) is 0.583. The van der Waals surface area contributed by atoms with E-state index >= 15 is 0 Å². The van der Waals surface area contributed by atoms with Crippen molar-refractivity contribution in [2.45, 2.75) is 25.3 Å². The van der Waals surface area contributed by atoms with Crippen molar-refractivity contribution in [3.63, 3.8) is 0 Å². The summed E-state index contributed by atoms with van der Waals surface area (Å²) in [5, 5.41) is 12.1. The first-order chi connectivity index (χ1) is 7.56. The number of pyridine rings is 1. The Morgan fingerprint density at radius 1 is 1.56 bits per heavy atom. The highest BCUT2D eigenvalue weighted by Crippen LogP contribution is 2.20. The Balaban J connectivity index is 2.46. The summed E-state index contributed by atoms with van der Waals surface area (Å²) in [4.78, 5) is 4.12. The molecule has 1 heterocycles. The van der Waals surface area contributed by atoms with E-state index in [-0.39, 0.29) is 18.1 Å². The third-order valence-corrected chi connectivity index (χ3v) is 2.65. The van der Waals surface area contributed by atoms with Crippen LogP contribution >= 0.6 is 0 Å². The minimum absolute atomic E-state index is 0.0142. The highest BCUT2D eigenvalue weighted by atomic mass is 16.3. The smallest absolute Gasteiger partial charge is 0.0594 e. The number of nitrogens with two attached hydrogens (primary N) is 1. The summed E-state index contributed by atoms with van der Waals surface area (Å²) in [6, 6.07) is 3.82. The van der Waals surface area contributed by atoms with Crippen LogP contribution < -0.4 is 11.1 Å². The van der Waals surface area contributed by atoms with Gasteiger partial charge in [-0.3, -0.25) is 4.98 Å². The Bertz CT molecular complexity index is 300. The zero-order valence-electron chi connectivity index (χ0n) is 9.98. The molecule has 4 heteroatoms. The molecule has 0 aliphatic heterocycles. The van der Waals surface area contributed by atoms with Crippen molar-refractivity contribution in [3.05, 3.63) is 30.1 Å². The third-order valence-electron chi connectivity index (χ3n) is 2.65. The maximum absolute atomic E-state index is 8.81. The summed E-state index contributed by atoms with van der Waals surface area (Å²) >= 11 is 0. The lowest BCUT2D eigenvalue weighted by atomic mass is 9.85.